The van der Waals surface area contributed by atoms with Crippen molar-refractivity contribution in [3.05, 3.63) is 83.2 Å². The van der Waals surface area contributed by atoms with Crippen LogP contribution in [0.15, 0.2) is 65.8 Å². The molecular formula is C24H27N3O4S. The Hall–Kier alpha value is -3.39. The van der Waals surface area contributed by atoms with Crippen molar-refractivity contribution in [3.63, 3.8) is 0 Å². The van der Waals surface area contributed by atoms with Crippen molar-refractivity contribution >= 4 is 21.6 Å². The van der Waals surface area contributed by atoms with Crippen molar-refractivity contribution in [3.8, 4) is 5.75 Å². The molecule has 0 aliphatic carbocycles. The van der Waals surface area contributed by atoms with Gasteiger partial charge >= 0.3 is 0 Å². The molecule has 32 heavy (non-hydrogen) atoms. The Bertz CT molecular complexity index is 1190. The van der Waals surface area contributed by atoms with Gasteiger partial charge in [-0.25, -0.2) is 8.42 Å². The average Bonchev–Trinajstić information content (AvgIpc) is 2.76. The summed E-state index contributed by atoms with van der Waals surface area (Å²) in [6, 6.07) is 14.0. The van der Waals surface area contributed by atoms with Crippen LogP contribution in [0.4, 0.5) is 5.69 Å². The molecule has 0 fully saturated rings. The van der Waals surface area contributed by atoms with Crippen LogP contribution in [0.25, 0.3) is 0 Å². The molecule has 0 saturated heterocycles. The Balaban J connectivity index is 1.99. The fourth-order valence-electron chi connectivity index (χ4n) is 3.40. The fourth-order valence-corrected chi connectivity index (χ4v) is 5.05. The molecule has 0 saturated carbocycles. The van der Waals surface area contributed by atoms with Gasteiger partial charge in [0.15, 0.2) is 0 Å². The Morgan fingerprint density at radius 2 is 1.75 bits per heavy atom. The molecular weight excluding hydrogens is 426 g/mol. The molecule has 0 aliphatic rings. The number of ether oxygens (including phenoxy) is 1. The highest BCUT2D eigenvalue weighted by Crippen LogP contribution is 2.31. The van der Waals surface area contributed by atoms with E-state index in [1.807, 2.05) is 26.0 Å². The molecule has 168 valence electrons. The molecule has 1 N–H and O–H groups in total. The predicted molar refractivity (Wildman–Crippen MR) is 124 cm³/mol. The molecule has 1 heterocycles. The zero-order valence-corrected chi connectivity index (χ0v) is 19.4. The second-order valence-electron chi connectivity index (χ2n) is 7.65. The minimum Gasteiger partial charge on any atom is -0.495 e. The van der Waals surface area contributed by atoms with E-state index in [1.165, 1.54) is 7.11 Å². The quantitative estimate of drug-likeness (QED) is 0.564. The SMILES string of the molecule is COc1ccc(C)cc1S(=O)(=O)N(CC(=O)NCc1cccnc1)c1cc(C)cc(C)c1. The van der Waals surface area contributed by atoms with Gasteiger partial charge in [-0.05, 0) is 73.4 Å². The molecule has 0 unspecified atom stereocenters. The summed E-state index contributed by atoms with van der Waals surface area (Å²) in [5, 5.41) is 2.78. The molecule has 0 bridgehead atoms. The number of amides is 1. The van der Waals surface area contributed by atoms with Gasteiger partial charge in [-0.2, -0.15) is 0 Å². The molecule has 2 aromatic carbocycles. The lowest BCUT2D eigenvalue weighted by Crippen LogP contribution is -2.41. The van der Waals surface area contributed by atoms with Crippen LogP contribution in [0.1, 0.15) is 22.3 Å². The number of rotatable bonds is 8. The number of carbonyl (C=O) groups is 1. The van der Waals surface area contributed by atoms with Gasteiger partial charge < -0.3 is 10.1 Å². The second-order valence-corrected chi connectivity index (χ2v) is 9.48. The Morgan fingerprint density at radius 1 is 1.03 bits per heavy atom. The summed E-state index contributed by atoms with van der Waals surface area (Å²) >= 11 is 0. The van der Waals surface area contributed by atoms with E-state index >= 15 is 0 Å². The van der Waals surface area contributed by atoms with Crippen LogP contribution in [-0.2, 0) is 21.4 Å². The van der Waals surface area contributed by atoms with E-state index in [-0.39, 0.29) is 23.7 Å². The number of anilines is 1. The van der Waals surface area contributed by atoms with Gasteiger partial charge in [-0.1, -0.05) is 18.2 Å². The Kier molecular flexibility index (Phi) is 7.15. The predicted octanol–water partition coefficient (Wildman–Crippen LogP) is 3.53. The first-order chi connectivity index (χ1) is 15.2. The van der Waals surface area contributed by atoms with Crippen LogP contribution < -0.4 is 14.4 Å². The van der Waals surface area contributed by atoms with Gasteiger partial charge in [0.2, 0.25) is 5.91 Å². The number of nitrogens with zero attached hydrogens (tertiary/aromatic N) is 2. The van der Waals surface area contributed by atoms with Gasteiger partial charge in [0, 0.05) is 18.9 Å². The zero-order valence-electron chi connectivity index (χ0n) is 18.6. The van der Waals surface area contributed by atoms with Crippen LogP contribution in [0.5, 0.6) is 5.75 Å². The smallest absolute Gasteiger partial charge is 0.268 e. The van der Waals surface area contributed by atoms with Crippen molar-refractivity contribution in [1.29, 1.82) is 0 Å². The number of nitrogens with one attached hydrogen (secondary N) is 1. The number of benzene rings is 2. The lowest BCUT2D eigenvalue weighted by Gasteiger charge is -2.26. The summed E-state index contributed by atoms with van der Waals surface area (Å²) in [5.74, 6) is -0.205. The number of hydrogen-bond acceptors (Lipinski definition) is 5. The van der Waals surface area contributed by atoms with Crippen molar-refractivity contribution in [1.82, 2.24) is 10.3 Å². The van der Waals surface area contributed by atoms with E-state index in [0.717, 1.165) is 26.6 Å². The fraction of sp³-hybridized carbons (Fsp3) is 0.250. The normalized spacial score (nSPS) is 11.1. The van der Waals surface area contributed by atoms with E-state index in [0.29, 0.717) is 5.69 Å². The maximum absolute atomic E-state index is 13.8. The summed E-state index contributed by atoms with van der Waals surface area (Å²) < 4.78 is 34.0. The summed E-state index contributed by atoms with van der Waals surface area (Å²) in [5.41, 5.74) is 3.80. The van der Waals surface area contributed by atoms with Gasteiger partial charge in [0.05, 0.1) is 12.8 Å². The summed E-state index contributed by atoms with van der Waals surface area (Å²) in [4.78, 5) is 16.8. The Labute approximate surface area is 189 Å². The summed E-state index contributed by atoms with van der Waals surface area (Å²) in [7, 11) is -2.67. The molecule has 8 heteroatoms. The van der Waals surface area contributed by atoms with Crippen molar-refractivity contribution in [2.24, 2.45) is 0 Å². The highest BCUT2D eigenvalue weighted by molar-refractivity contribution is 7.93. The third-order valence-corrected chi connectivity index (χ3v) is 6.68. The highest BCUT2D eigenvalue weighted by atomic mass is 32.2. The van der Waals surface area contributed by atoms with Gasteiger partial charge in [0.1, 0.15) is 17.2 Å². The second kappa shape index (κ2) is 9.82. The van der Waals surface area contributed by atoms with Crippen LogP contribution in [0.3, 0.4) is 0 Å². The standard InChI is InChI=1S/C24H27N3O4S/c1-17-7-8-22(31-4)23(13-17)32(29,30)27(21-11-18(2)10-19(3)12-21)16-24(28)26-15-20-6-5-9-25-14-20/h5-14H,15-16H2,1-4H3,(H,26,28). The number of aromatic nitrogens is 1. The molecule has 0 aliphatic heterocycles. The topological polar surface area (TPSA) is 88.6 Å². The van der Waals surface area contributed by atoms with E-state index in [4.69, 9.17) is 4.74 Å². The monoisotopic (exact) mass is 453 g/mol. The largest absolute Gasteiger partial charge is 0.495 e. The number of aryl methyl sites for hydroxylation is 3. The van der Waals surface area contributed by atoms with E-state index < -0.39 is 15.9 Å². The highest BCUT2D eigenvalue weighted by Gasteiger charge is 2.30. The van der Waals surface area contributed by atoms with Crippen molar-refractivity contribution in [2.75, 3.05) is 18.0 Å². The molecule has 0 spiro atoms. The number of pyridine rings is 1. The van der Waals surface area contributed by atoms with E-state index in [2.05, 4.69) is 10.3 Å². The molecule has 3 rings (SSSR count). The first kappa shape index (κ1) is 23.3. The minimum atomic E-state index is -4.10. The average molecular weight is 454 g/mol. The summed E-state index contributed by atoms with van der Waals surface area (Å²) in [6.45, 7) is 5.46. The maximum atomic E-state index is 13.8. The number of methoxy groups -OCH3 is 1. The maximum Gasteiger partial charge on any atom is 0.268 e. The van der Waals surface area contributed by atoms with Gasteiger partial charge in [0.25, 0.3) is 10.0 Å². The third kappa shape index (κ3) is 5.45. The molecule has 0 atom stereocenters. The number of sulfonamides is 1. The lowest BCUT2D eigenvalue weighted by molar-refractivity contribution is -0.119. The number of carbonyl (C=O) groups excluding carboxylic acids is 1. The third-order valence-electron chi connectivity index (χ3n) is 4.88. The first-order valence-corrected chi connectivity index (χ1v) is 11.6. The van der Waals surface area contributed by atoms with E-state index in [9.17, 15) is 13.2 Å². The Morgan fingerprint density at radius 3 is 2.38 bits per heavy atom. The van der Waals surface area contributed by atoms with Crippen LogP contribution >= 0.6 is 0 Å². The van der Waals surface area contributed by atoms with Crippen LogP contribution in [0, 0.1) is 20.8 Å². The molecule has 1 aromatic heterocycles. The number of hydrogen-bond donors (Lipinski definition) is 1. The van der Waals surface area contributed by atoms with Crippen molar-refractivity contribution in [2.45, 2.75) is 32.2 Å². The summed E-state index contributed by atoms with van der Waals surface area (Å²) in [6.07, 6.45) is 3.30. The van der Waals surface area contributed by atoms with Gasteiger partial charge in [-0.3, -0.25) is 14.1 Å². The minimum absolute atomic E-state index is 0.0132. The van der Waals surface area contributed by atoms with Crippen LogP contribution in [-0.4, -0.2) is 33.0 Å². The zero-order chi connectivity index (χ0) is 23.3. The van der Waals surface area contributed by atoms with Crippen molar-refractivity contribution < 1.29 is 17.9 Å². The van der Waals surface area contributed by atoms with Crippen LogP contribution in [0.2, 0.25) is 0 Å². The van der Waals surface area contributed by atoms with E-state index in [1.54, 1.807) is 55.7 Å². The molecule has 1 amide bonds. The lowest BCUT2D eigenvalue weighted by atomic mass is 10.1. The molecule has 0 radical (unpaired) electrons. The van der Waals surface area contributed by atoms with Gasteiger partial charge in [-0.15, -0.1) is 0 Å². The molecule has 7 nitrogen and oxygen atoms in total. The molecule has 3 aromatic rings. The first-order valence-electron chi connectivity index (χ1n) is 10.1.